The van der Waals surface area contributed by atoms with Crippen LogP contribution in [0.3, 0.4) is 0 Å². The molecular formula is C11H11ClF2O3. The molecule has 0 radical (unpaired) electrons. The Bertz CT molecular complexity index is 447. The van der Waals surface area contributed by atoms with Crippen molar-refractivity contribution < 1.29 is 23.4 Å². The summed E-state index contributed by atoms with van der Waals surface area (Å²) in [5.41, 5.74) is -0.164. The number of carboxylic acid groups (broad SMARTS) is 1. The number of aryl methyl sites for hydroxylation is 1. The van der Waals surface area contributed by atoms with E-state index in [2.05, 4.69) is 0 Å². The summed E-state index contributed by atoms with van der Waals surface area (Å²) in [4.78, 5) is 10.4. The second-order valence-electron chi connectivity index (χ2n) is 3.58. The van der Waals surface area contributed by atoms with Gasteiger partial charge in [-0.3, -0.25) is 4.79 Å². The SMILES string of the molecule is COc1cc(C)c(C(F)(F)CC(=O)O)cc1Cl. The van der Waals surface area contributed by atoms with Gasteiger partial charge in [-0.25, -0.2) is 8.78 Å². The highest BCUT2D eigenvalue weighted by molar-refractivity contribution is 6.32. The van der Waals surface area contributed by atoms with E-state index in [1.54, 1.807) is 0 Å². The van der Waals surface area contributed by atoms with E-state index < -0.39 is 23.9 Å². The summed E-state index contributed by atoms with van der Waals surface area (Å²) in [6, 6.07) is 2.39. The van der Waals surface area contributed by atoms with Crippen molar-refractivity contribution in [3.8, 4) is 5.75 Å². The van der Waals surface area contributed by atoms with Crippen LogP contribution in [0, 0.1) is 6.92 Å². The van der Waals surface area contributed by atoms with Crippen LogP contribution in [0.1, 0.15) is 17.5 Å². The lowest BCUT2D eigenvalue weighted by atomic mass is 10.00. The molecule has 0 atom stereocenters. The molecule has 0 aliphatic carbocycles. The number of ether oxygens (including phenoxy) is 1. The summed E-state index contributed by atoms with van der Waals surface area (Å²) in [5, 5.41) is 8.46. The first-order chi connectivity index (χ1) is 7.77. The van der Waals surface area contributed by atoms with Crippen molar-refractivity contribution in [2.45, 2.75) is 19.3 Å². The highest BCUT2D eigenvalue weighted by Gasteiger charge is 2.36. The second kappa shape index (κ2) is 4.87. The molecule has 1 aromatic carbocycles. The Kier molecular flexibility index (Phi) is 3.93. The number of rotatable bonds is 4. The van der Waals surface area contributed by atoms with Crippen LogP contribution in [0.5, 0.6) is 5.75 Å². The minimum atomic E-state index is -3.45. The fourth-order valence-corrected chi connectivity index (χ4v) is 1.73. The molecule has 0 unspecified atom stereocenters. The molecule has 0 bridgehead atoms. The van der Waals surface area contributed by atoms with E-state index in [1.165, 1.54) is 20.1 Å². The van der Waals surface area contributed by atoms with E-state index in [4.69, 9.17) is 21.4 Å². The molecule has 1 N–H and O–H groups in total. The molecule has 0 aliphatic heterocycles. The zero-order valence-corrected chi connectivity index (χ0v) is 10.0. The van der Waals surface area contributed by atoms with Crippen LogP contribution in [0.2, 0.25) is 5.02 Å². The summed E-state index contributed by atoms with van der Waals surface area (Å²) in [6.45, 7) is 1.45. The van der Waals surface area contributed by atoms with Crippen LogP contribution in [0.25, 0.3) is 0 Å². The van der Waals surface area contributed by atoms with Gasteiger partial charge in [0.05, 0.1) is 12.1 Å². The van der Waals surface area contributed by atoms with Gasteiger partial charge in [0.15, 0.2) is 0 Å². The maximum atomic E-state index is 13.6. The first-order valence-electron chi connectivity index (χ1n) is 4.72. The molecule has 1 aromatic rings. The number of halogens is 3. The molecule has 0 fully saturated rings. The topological polar surface area (TPSA) is 46.5 Å². The molecule has 3 nitrogen and oxygen atoms in total. The Hall–Kier alpha value is -1.36. The second-order valence-corrected chi connectivity index (χ2v) is 3.98. The Labute approximate surface area is 102 Å². The quantitative estimate of drug-likeness (QED) is 0.908. The third-order valence-corrected chi connectivity index (χ3v) is 2.56. The Morgan fingerprint density at radius 1 is 1.53 bits per heavy atom. The largest absolute Gasteiger partial charge is 0.495 e. The normalized spacial score (nSPS) is 11.4. The molecule has 94 valence electrons. The van der Waals surface area contributed by atoms with Gasteiger partial charge in [-0.1, -0.05) is 11.6 Å². The molecular weight excluding hydrogens is 254 g/mol. The summed E-state index contributed by atoms with van der Waals surface area (Å²) >= 11 is 5.74. The van der Waals surface area contributed by atoms with Crippen LogP contribution in [0.4, 0.5) is 8.78 Å². The Morgan fingerprint density at radius 3 is 2.59 bits per heavy atom. The van der Waals surface area contributed by atoms with Gasteiger partial charge in [0, 0.05) is 5.56 Å². The average Bonchev–Trinajstić information content (AvgIpc) is 2.18. The van der Waals surface area contributed by atoms with E-state index in [0.29, 0.717) is 0 Å². The predicted octanol–water partition coefficient (Wildman–Crippen LogP) is 3.22. The lowest BCUT2D eigenvalue weighted by Gasteiger charge is -2.18. The molecule has 17 heavy (non-hydrogen) atoms. The van der Waals surface area contributed by atoms with E-state index >= 15 is 0 Å². The fourth-order valence-electron chi connectivity index (χ4n) is 1.49. The summed E-state index contributed by atoms with van der Waals surface area (Å²) in [7, 11) is 1.37. The van der Waals surface area contributed by atoms with Crippen LogP contribution >= 0.6 is 11.6 Å². The Morgan fingerprint density at radius 2 is 2.12 bits per heavy atom. The van der Waals surface area contributed by atoms with Gasteiger partial charge in [0.2, 0.25) is 0 Å². The molecule has 1 rings (SSSR count). The van der Waals surface area contributed by atoms with Crippen LogP contribution < -0.4 is 4.74 Å². The molecule has 0 saturated carbocycles. The number of hydrogen-bond donors (Lipinski definition) is 1. The van der Waals surface area contributed by atoms with Crippen molar-refractivity contribution in [2.24, 2.45) is 0 Å². The van der Waals surface area contributed by atoms with Crippen LogP contribution in [-0.4, -0.2) is 18.2 Å². The highest BCUT2D eigenvalue weighted by atomic mass is 35.5. The third kappa shape index (κ3) is 3.06. The van der Waals surface area contributed by atoms with Gasteiger partial charge in [-0.15, -0.1) is 0 Å². The molecule has 0 aromatic heterocycles. The number of hydrogen-bond acceptors (Lipinski definition) is 2. The number of benzene rings is 1. The maximum Gasteiger partial charge on any atom is 0.309 e. The van der Waals surface area contributed by atoms with Crippen molar-refractivity contribution in [3.05, 3.63) is 28.3 Å². The monoisotopic (exact) mass is 264 g/mol. The van der Waals surface area contributed by atoms with Gasteiger partial charge >= 0.3 is 5.97 Å². The van der Waals surface area contributed by atoms with Gasteiger partial charge in [0.25, 0.3) is 5.92 Å². The van der Waals surface area contributed by atoms with Crippen molar-refractivity contribution >= 4 is 17.6 Å². The smallest absolute Gasteiger partial charge is 0.309 e. The van der Waals surface area contributed by atoms with Crippen molar-refractivity contribution in [1.82, 2.24) is 0 Å². The molecule has 0 aliphatic rings. The van der Waals surface area contributed by atoms with E-state index in [0.717, 1.165) is 6.07 Å². The lowest BCUT2D eigenvalue weighted by molar-refractivity contribution is -0.145. The van der Waals surface area contributed by atoms with E-state index in [9.17, 15) is 13.6 Å². The number of aliphatic carboxylic acids is 1. The van der Waals surface area contributed by atoms with Crippen LogP contribution in [0.15, 0.2) is 12.1 Å². The first kappa shape index (κ1) is 13.7. The van der Waals surface area contributed by atoms with Gasteiger partial charge in [-0.05, 0) is 24.6 Å². The van der Waals surface area contributed by atoms with Gasteiger partial charge < -0.3 is 9.84 Å². The fraction of sp³-hybridized carbons (Fsp3) is 0.364. The minimum absolute atomic E-state index is 0.0261. The summed E-state index contributed by atoms with van der Waals surface area (Å²) in [5.74, 6) is -4.74. The molecule has 0 saturated heterocycles. The highest BCUT2D eigenvalue weighted by Crippen LogP contribution is 2.38. The summed E-state index contributed by atoms with van der Waals surface area (Å²) < 4.78 is 32.1. The van der Waals surface area contributed by atoms with Crippen molar-refractivity contribution in [2.75, 3.05) is 7.11 Å². The van der Waals surface area contributed by atoms with E-state index in [1.807, 2.05) is 0 Å². The average molecular weight is 265 g/mol. The molecule has 0 amide bonds. The van der Waals surface area contributed by atoms with Gasteiger partial charge in [0.1, 0.15) is 12.2 Å². The van der Waals surface area contributed by atoms with E-state index in [-0.39, 0.29) is 16.3 Å². The number of carboxylic acids is 1. The molecule has 0 heterocycles. The number of alkyl halides is 2. The summed E-state index contributed by atoms with van der Waals surface area (Å²) in [6.07, 6.45) is -1.27. The van der Waals surface area contributed by atoms with Crippen molar-refractivity contribution in [3.63, 3.8) is 0 Å². The predicted molar refractivity (Wildman–Crippen MR) is 58.9 cm³/mol. The maximum absolute atomic E-state index is 13.6. The number of methoxy groups -OCH3 is 1. The molecule has 0 spiro atoms. The lowest BCUT2D eigenvalue weighted by Crippen LogP contribution is -2.19. The Balaban J connectivity index is 3.22. The minimum Gasteiger partial charge on any atom is -0.495 e. The van der Waals surface area contributed by atoms with Crippen molar-refractivity contribution in [1.29, 1.82) is 0 Å². The number of carbonyl (C=O) groups is 1. The van der Waals surface area contributed by atoms with Crippen LogP contribution in [-0.2, 0) is 10.7 Å². The van der Waals surface area contributed by atoms with Gasteiger partial charge in [-0.2, -0.15) is 0 Å². The molecule has 6 heteroatoms. The zero-order chi connectivity index (χ0) is 13.2. The standard InChI is InChI=1S/C11H11ClF2O3/c1-6-3-9(17-2)8(12)4-7(6)11(13,14)5-10(15)16/h3-4H,5H2,1-2H3,(H,15,16). The zero-order valence-electron chi connectivity index (χ0n) is 9.26. The third-order valence-electron chi connectivity index (χ3n) is 2.27. The first-order valence-corrected chi connectivity index (χ1v) is 5.10.